The lowest BCUT2D eigenvalue weighted by atomic mass is 10.1. The maximum atomic E-state index is 12.2. The first kappa shape index (κ1) is 11.7. The van der Waals surface area contributed by atoms with Crippen LogP contribution >= 0.6 is 0 Å². The predicted octanol–water partition coefficient (Wildman–Crippen LogP) is 2.67. The molecule has 0 spiro atoms. The van der Waals surface area contributed by atoms with E-state index in [4.69, 9.17) is 4.74 Å². The molecule has 3 heteroatoms. The number of rotatable bonds is 3. The number of pyridine rings is 1. The van der Waals surface area contributed by atoms with Crippen LogP contribution in [0.25, 0.3) is 10.8 Å². The molecule has 0 radical (unpaired) electrons. The van der Waals surface area contributed by atoms with Crippen molar-refractivity contribution in [1.29, 1.82) is 0 Å². The second kappa shape index (κ2) is 4.62. The third-order valence-electron chi connectivity index (χ3n) is 2.76. The van der Waals surface area contributed by atoms with Crippen molar-refractivity contribution in [3.05, 3.63) is 40.8 Å². The van der Waals surface area contributed by atoms with Gasteiger partial charge in [0.2, 0.25) is 0 Å². The highest BCUT2D eigenvalue weighted by Crippen LogP contribution is 2.22. The maximum Gasteiger partial charge on any atom is 0.258 e. The van der Waals surface area contributed by atoms with Gasteiger partial charge in [0, 0.05) is 18.1 Å². The summed E-state index contributed by atoms with van der Waals surface area (Å²) in [5.74, 6) is 1.20. The number of fused-ring (bicyclic) bond motifs is 1. The molecule has 0 saturated heterocycles. The van der Waals surface area contributed by atoms with Gasteiger partial charge in [-0.1, -0.05) is 19.9 Å². The zero-order valence-corrected chi connectivity index (χ0v) is 10.4. The van der Waals surface area contributed by atoms with Crippen molar-refractivity contribution in [3.8, 4) is 5.75 Å². The zero-order valence-electron chi connectivity index (χ0n) is 10.4. The van der Waals surface area contributed by atoms with Crippen LogP contribution in [0.5, 0.6) is 5.75 Å². The first-order chi connectivity index (χ1) is 8.13. The molecule has 1 heterocycles. The van der Waals surface area contributed by atoms with Gasteiger partial charge in [-0.25, -0.2) is 0 Å². The van der Waals surface area contributed by atoms with E-state index in [0.717, 1.165) is 17.7 Å². The predicted molar refractivity (Wildman–Crippen MR) is 69.6 cm³/mol. The molecule has 0 fully saturated rings. The Hall–Kier alpha value is -1.77. The Kier molecular flexibility index (Phi) is 3.18. The maximum absolute atomic E-state index is 12.2. The van der Waals surface area contributed by atoms with Crippen molar-refractivity contribution >= 4 is 10.8 Å². The number of methoxy groups -OCH3 is 1. The van der Waals surface area contributed by atoms with Crippen LogP contribution in [0.15, 0.2) is 35.3 Å². The molecule has 90 valence electrons. The summed E-state index contributed by atoms with van der Waals surface area (Å²) in [6, 6.07) is 7.51. The number of aromatic nitrogens is 1. The Morgan fingerprint density at radius 3 is 2.65 bits per heavy atom. The van der Waals surface area contributed by atoms with E-state index >= 15 is 0 Å². The molecule has 0 aliphatic carbocycles. The van der Waals surface area contributed by atoms with Crippen LogP contribution in [0.1, 0.15) is 13.8 Å². The van der Waals surface area contributed by atoms with Crippen LogP contribution in [-0.4, -0.2) is 11.7 Å². The third kappa shape index (κ3) is 2.18. The lowest BCUT2D eigenvalue weighted by molar-refractivity contribution is 0.419. The Balaban J connectivity index is 2.64. The molecule has 0 amide bonds. The first-order valence-corrected chi connectivity index (χ1v) is 5.79. The van der Waals surface area contributed by atoms with Gasteiger partial charge in [0.25, 0.3) is 5.56 Å². The molecule has 0 bridgehead atoms. The summed E-state index contributed by atoms with van der Waals surface area (Å²) >= 11 is 0. The van der Waals surface area contributed by atoms with E-state index in [-0.39, 0.29) is 5.56 Å². The molecule has 1 aromatic carbocycles. The van der Waals surface area contributed by atoms with E-state index in [1.807, 2.05) is 30.5 Å². The van der Waals surface area contributed by atoms with Crippen LogP contribution in [0, 0.1) is 5.92 Å². The van der Waals surface area contributed by atoms with Crippen LogP contribution < -0.4 is 10.3 Å². The summed E-state index contributed by atoms with van der Waals surface area (Å²) in [6.07, 6.45) is 1.84. The fraction of sp³-hybridized carbons (Fsp3) is 0.357. The summed E-state index contributed by atoms with van der Waals surface area (Å²) in [6.45, 7) is 4.94. The second-order valence-electron chi connectivity index (χ2n) is 4.59. The SMILES string of the molecule is COc1cccc2c(=O)n(CC(C)C)ccc12. The molecule has 0 atom stereocenters. The zero-order chi connectivity index (χ0) is 12.4. The van der Waals surface area contributed by atoms with E-state index in [9.17, 15) is 4.79 Å². The van der Waals surface area contributed by atoms with Gasteiger partial charge >= 0.3 is 0 Å². The smallest absolute Gasteiger partial charge is 0.258 e. The summed E-state index contributed by atoms with van der Waals surface area (Å²) in [5, 5.41) is 1.59. The van der Waals surface area contributed by atoms with Crippen LogP contribution in [0.4, 0.5) is 0 Å². The second-order valence-corrected chi connectivity index (χ2v) is 4.59. The topological polar surface area (TPSA) is 31.2 Å². The molecule has 0 saturated carbocycles. The van der Waals surface area contributed by atoms with Gasteiger partial charge < -0.3 is 9.30 Å². The summed E-state index contributed by atoms with van der Waals surface area (Å²) in [5.41, 5.74) is 0.0510. The molecule has 3 nitrogen and oxygen atoms in total. The molecule has 2 aromatic rings. The van der Waals surface area contributed by atoms with Gasteiger partial charge in [0.1, 0.15) is 5.75 Å². The number of ether oxygens (including phenoxy) is 1. The number of nitrogens with zero attached hydrogens (tertiary/aromatic N) is 1. The minimum Gasteiger partial charge on any atom is -0.496 e. The fourth-order valence-electron chi connectivity index (χ4n) is 2.00. The normalized spacial score (nSPS) is 11.1. The molecule has 0 unspecified atom stereocenters. The Morgan fingerprint density at radius 1 is 1.24 bits per heavy atom. The molecule has 0 N–H and O–H groups in total. The number of hydrogen-bond acceptors (Lipinski definition) is 2. The Morgan fingerprint density at radius 2 is 2.00 bits per heavy atom. The van der Waals surface area contributed by atoms with Crippen molar-refractivity contribution in [1.82, 2.24) is 4.57 Å². The van der Waals surface area contributed by atoms with Gasteiger partial charge in [-0.2, -0.15) is 0 Å². The Bertz CT molecular complexity index is 584. The van der Waals surface area contributed by atoms with Crippen molar-refractivity contribution in [3.63, 3.8) is 0 Å². The Labute approximate surface area is 101 Å². The van der Waals surface area contributed by atoms with Gasteiger partial charge in [0.05, 0.1) is 12.5 Å². The van der Waals surface area contributed by atoms with Crippen molar-refractivity contribution in [2.45, 2.75) is 20.4 Å². The van der Waals surface area contributed by atoms with Gasteiger partial charge in [-0.3, -0.25) is 4.79 Å². The average molecular weight is 231 g/mol. The van der Waals surface area contributed by atoms with Crippen LogP contribution in [0.3, 0.4) is 0 Å². The third-order valence-corrected chi connectivity index (χ3v) is 2.76. The molecule has 2 rings (SSSR count). The number of benzene rings is 1. The summed E-state index contributed by atoms with van der Waals surface area (Å²) in [7, 11) is 1.62. The van der Waals surface area contributed by atoms with E-state index in [0.29, 0.717) is 11.3 Å². The lowest BCUT2D eigenvalue weighted by Crippen LogP contribution is -2.21. The van der Waals surface area contributed by atoms with Crippen molar-refractivity contribution in [2.24, 2.45) is 5.92 Å². The van der Waals surface area contributed by atoms with Crippen LogP contribution in [0.2, 0.25) is 0 Å². The minimum absolute atomic E-state index is 0.0510. The van der Waals surface area contributed by atoms with E-state index < -0.39 is 0 Å². The molecule has 0 aliphatic heterocycles. The van der Waals surface area contributed by atoms with Gasteiger partial charge in [0.15, 0.2) is 0 Å². The van der Waals surface area contributed by atoms with E-state index in [1.54, 1.807) is 11.7 Å². The average Bonchev–Trinajstić information content (AvgIpc) is 2.31. The highest BCUT2D eigenvalue weighted by Gasteiger charge is 2.07. The van der Waals surface area contributed by atoms with Gasteiger partial charge in [-0.05, 0) is 24.1 Å². The van der Waals surface area contributed by atoms with Crippen molar-refractivity contribution in [2.75, 3.05) is 7.11 Å². The fourth-order valence-corrected chi connectivity index (χ4v) is 2.00. The molecule has 17 heavy (non-hydrogen) atoms. The van der Waals surface area contributed by atoms with Crippen LogP contribution in [-0.2, 0) is 6.54 Å². The minimum atomic E-state index is 0.0510. The lowest BCUT2D eigenvalue weighted by Gasteiger charge is -2.11. The number of hydrogen-bond donors (Lipinski definition) is 0. The molecular weight excluding hydrogens is 214 g/mol. The quantitative estimate of drug-likeness (QED) is 0.813. The summed E-state index contributed by atoms with van der Waals surface area (Å²) in [4.78, 5) is 12.2. The highest BCUT2D eigenvalue weighted by atomic mass is 16.5. The van der Waals surface area contributed by atoms with E-state index in [1.165, 1.54) is 0 Å². The summed E-state index contributed by atoms with van der Waals surface area (Å²) < 4.78 is 7.01. The molecule has 1 aromatic heterocycles. The largest absolute Gasteiger partial charge is 0.496 e. The monoisotopic (exact) mass is 231 g/mol. The standard InChI is InChI=1S/C14H17NO2/c1-10(2)9-15-8-7-11-12(14(15)16)5-4-6-13(11)17-3/h4-8,10H,9H2,1-3H3. The van der Waals surface area contributed by atoms with E-state index in [2.05, 4.69) is 13.8 Å². The van der Waals surface area contributed by atoms with Gasteiger partial charge in [-0.15, -0.1) is 0 Å². The molecular formula is C14H17NO2. The van der Waals surface area contributed by atoms with Crippen molar-refractivity contribution < 1.29 is 4.74 Å². The molecule has 0 aliphatic rings. The first-order valence-electron chi connectivity index (χ1n) is 5.79. The highest BCUT2D eigenvalue weighted by molar-refractivity contribution is 5.87.